The van der Waals surface area contributed by atoms with E-state index in [-0.39, 0.29) is 12.0 Å². The van der Waals surface area contributed by atoms with Gasteiger partial charge in [-0.1, -0.05) is 11.9 Å². The first-order valence-electron chi connectivity index (χ1n) is 6.97. The summed E-state index contributed by atoms with van der Waals surface area (Å²) in [6, 6.07) is 0.286. The van der Waals surface area contributed by atoms with Crippen LogP contribution < -0.4 is 4.72 Å². The normalized spacial score (nSPS) is 21.0. The zero-order valence-corrected chi connectivity index (χ0v) is 14.4. The molecule has 1 N–H and O–H groups in total. The van der Waals surface area contributed by atoms with Gasteiger partial charge in [0, 0.05) is 35.8 Å². The van der Waals surface area contributed by atoms with Crippen molar-refractivity contribution in [1.29, 1.82) is 0 Å². The topological polar surface area (TPSA) is 66.8 Å². The van der Waals surface area contributed by atoms with Gasteiger partial charge in [0.2, 0.25) is 0 Å². The summed E-state index contributed by atoms with van der Waals surface area (Å²) in [6.07, 6.45) is 4.66. The third kappa shape index (κ3) is 2.78. The summed E-state index contributed by atoms with van der Waals surface area (Å²) in [7, 11) is 1.41. The van der Waals surface area contributed by atoms with E-state index in [4.69, 9.17) is 4.74 Å². The number of ether oxygens (including phenoxy) is 1. The van der Waals surface area contributed by atoms with E-state index in [2.05, 4.69) is 19.6 Å². The van der Waals surface area contributed by atoms with E-state index >= 15 is 0 Å². The standard InChI is InChI=1S/C14H18N4O2S2/c1-8-5-16-13(22-8)12-15-6-10(14(19)20-2)11-4-9(17-21-3)7-18(11)12/h5,9,17H,4,6-7H2,1-3H3. The van der Waals surface area contributed by atoms with Crippen molar-refractivity contribution in [2.45, 2.75) is 19.4 Å². The average molecular weight is 338 g/mol. The molecule has 22 heavy (non-hydrogen) atoms. The lowest BCUT2D eigenvalue weighted by molar-refractivity contribution is -0.136. The summed E-state index contributed by atoms with van der Waals surface area (Å²) in [6.45, 7) is 3.18. The van der Waals surface area contributed by atoms with Gasteiger partial charge in [-0.3, -0.25) is 9.71 Å². The molecule has 0 amide bonds. The third-order valence-corrected chi connectivity index (χ3v) is 5.17. The molecule has 118 valence electrons. The largest absolute Gasteiger partial charge is 0.466 e. The van der Waals surface area contributed by atoms with Crippen LogP contribution in [0.25, 0.3) is 0 Å². The van der Waals surface area contributed by atoms with Gasteiger partial charge in [-0.2, -0.15) is 0 Å². The first-order chi connectivity index (χ1) is 10.6. The lowest BCUT2D eigenvalue weighted by atomic mass is 10.1. The Labute approximate surface area is 137 Å². The second-order valence-electron chi connectivity index (χ2n) is 5.17. The summed E-state index contributed by atoms with van der Waals surface area (Å²) in [5, 5.41) is 0.906. The predicted molar refractivity (Wildman–Crippen MR) is 89.1 cm³/mol. The average Bonchev–Trinajstić information content (AvgIpc) is 3.12. The minimum Gasteiger partial charge on any atom is -0.466 e. The molecule has 3 heterocycles. The van der Waals surface area contributed by atoms with Gasteiger partial charge in [-0.05, 0) is 13.2 Å². The Hall–Kier alpha value is -1.38. The number of thiazole rings is 1. The van der Waals surface area contributed by atoms with Crippen molar-refractivity contribution < 1.29 is 9.53 Å². The maximum absolute atomic E-state index is 12.0. The monoisotopic (exact) mass is 338 g/mol. The number of hydrogen-bond donors (Lipinski definition) is 1. The van der Waals surface area contributed by atoms with Gasteiger partial charge in [0.05, 0.1) is 19.2 Å². The van der Waals surface area contributed by atoms with Crippen LogP contribution in [0.4, 0.5) is 0 Å². The molecule has 1 aromatic heterocycles. The molecule has 0 spiro atoms. The summed E-state index contributed by atoms with van der Waals surface area (Å²) in [5.41, 5.74) is 1.67. The van der Waals surface area contributed by atoms with Crippen LogP contribution in [0, 0.1) is 6.92 Å². The summed E-state index contributed by atoms with van der Waals surface area (Å²) in [5.74, 6) is 0.578. The van der Waals surface area contributed by atoms with E-state index in [0.717, 1.165) is 34.4 Å². The smallest absolute Gasteiger partial charge is 0.337 e. The van der Waals surface area contributed by atoms with Gasteiger partial charge in [0.15, 0.2) is 10.8 Å². The van der Waals surface area contributed by atoms with Gasteiger partial charge in [-0.25, -0.2) is 9.78 Å². The molecular weight excluding hydrogens is 320 g/mol. The molecule has 3 rings (SSSR count). The fourth-order valence-electron chi connectivity index (χ4n) is 2.76. The fourth-order valence-corrected chi connectivity index (χ4v) is 4.04. The molecule has 1 saturated heterocycles. The SMILES string of the molecule is COC(=O)C1=C2CC(NSC)CN2C(c2ncc(C)s2)=NC1. The Morgan fingerprint density at radius 3 is 3.05 bits per heavy atom. The molecule has 0 aromatic carbocycles. The number of aryl methyl sites for hydroxylation is 1. The lowest BCUT2D eigenvalue weighted by Gasteiger charge is -2.26. The lowest BCUT2D eigenvalue weighted by Crippen LogP contribution is -2.36. The number of fused-ring (bicyclic) bond motifs is 1. The first kappa shape index (κ1) is 15.5. The Balaban J connectivity index is 1.95. The van der Waals surface area contributed by atoms with Crippen molar-refractivity contribution in [3.05, 3.63) is 27.4 Å². The maximum atomic E-state index is 12.0. The van der Waals surface area contributed by atoms with Crippen molar-refractivity contribution in [2.75, 3.05) is 26.5 Å². The maximum Gasteiger partial charge on any atom is 0.337 e. The number of hydrogen-bond acceptors (Lipinski definition) is 8. The van der Waals surface area contributed by atoms with Crippen LogP contribution in [-0.2, 0) is 9.53 Å². The van der Waals surface area contributed by atoms with E-state index in [1.807, 2.05) is 19.4 Å². The van der Waals surface area contributed by atoms with Crippen LogP contribution in [0.2, 0.25) is 0 Å². The molecular formula is C14H18N4O2S2. The number of aromatic nitrogens is 1. The van der Waals surface area contributed by atoms with Gasteiger partial charge in [0.25, 0.3) is 0 Å². The quantitative estimate of drug-likeness (QED) is 0.664. The van der Waals surface area contributed by atoms with E-state index in [0.29, 0.717) is 12.1 Å². The number of aliphatic imine (C=N–C) groups is 1. The number of methoxy groups -OCH3 is 1. The molecule has 2 aliphatic rings. The molecule has 1 atom stereocenters. The van der Waals surface area contributed by atoms with Crippen LogP contribution in [0.5, 0.6) is 0 Å². The van der Waals surface area contributed by atoms with E-state index in [9.17, 15) is 4.79 Å². The first-order valence-corrected chi connectivity index (χ1v) is 9.01. The molecule has 1 fully saturated rings. The number of carbonyl (C=O) groups is 1. The second kappa shape index (κ2) is 6.39. The Morgan fingerprint density at radius 2 is 2.41 bits per heavy atom. The van der Waals surface area contributed by atoms with Gasteiger partial charge in [0.1, 0.15) is 0 Å². The summed E-state index contributed by atoms with van der Waals surface area (Å²) < 4.78 is 8.28. The number of esters is 1. The van der Waals surface area contributed by atoms with Crippen molar-refractivity contribution in [1.82, 2.24) is 14.6 Å². The molecule has 0 bridgehead atoms. The summed E-state index contributed by atoms with van der Waals surface area (Å²) >= 11 is 3.22. The number of rotatable bonds is 4. The van der Waals surface area contributed by atoms with Crippen LogP contribution in [-0.4, -0.2) is 54.2 Å². The highest BCUT2D eigenvalue weighted by Crippen LogP contribution is 2.32. The fraction of sp³-hybridized carbons (Fsp3) is 0.500. The molecule has 1 unspecified atom stereocenters. The molecule has 0 radical (unpaired) electrons. The van der Waals surface area contributed by atoms with Crippen LogP contribution in [0.15, 0.2) is 22.5 Å². The van der Waals surface area contributed by atoms with Crippen molar-refractivity contribution in [2.24, 2.45) is 4.99 Å². The van der Waals surface area contributed by atoms with Gasteiger partial charge >= 0.3 is 5.97 Å². The Morgan fingerprint density at radius 1 is 1.59 bits per heavy atom. The molecule has 8 heteroatoms. The highest BCUT2D eigenvalue weighted by molar-refractivity contribution is 7.96. The molecule has 2 aliphatic heterocycles. The summed E-state index contributed by atoms with van der Waals surface area (Å²) in [4.78, 5) is 24.3. The van der Waals surface area contributed by atoms with Crippen LogP contribution in [0.3, 0.4) is 0 Å². The van der Waals surface area contributed by atoms with E-state index in [1.165, 1.54) is 7.11 Å². The highest BCUT2D eigenvalue weighted by Gasteiger charge is 2.37. The zero-order valence-electron chi connectivity index (χ0n) is 12.8. The predicted octanol–water partition coefficient (Wildman–Crippen LogP) is 1.58. The van der Waals surface area contributed by atoms with Crippen LogP contribution >= 0.6 is 23.3 Å². The molecule has 0 aliphatic carbocycles. The minimum absolute atomic E-state index is 0.286. The van der Waals surface area contributed by atoms with E-state index in [1.54, 1.807) is 23.3 Å². The number of nitrogens with one attached hydrogen (secondary N) is 1. The van der Waals surface area contributed by atoms with Crippen molar-refractivity contribution in [3.63, 3.8) is 0 Å². The Bertz CT molecular complexity index is 653. The van der Waals surface area contributed by atoms with Crippen molar-refractivity contribution in [3.8, 4) is 0 Å². The highest BCUT2D eigenvalue weighted by atomic mass is 32.2. The molecule has 0 saturated carbocycles. The Kier molecular flexibility index (Phi) is 4.51. The molecule has 1 aromatic rings. The number of nitrogens with zero attached hydrogens (tertiary/aromatic N) is 3. The number of amidine groups is 1. The van der Waals surface area contributed by atoms with Gasteiger partial charge < -0.3 is 9.64 Å². The van der Waals surface area contributed by atoms with Gasteiger partial charge in [-0.15, -0.1) is 11.3 Å². The van der Waals surface area contributed by atoms with Crippen molar-refractivity contribution >= 4 is 35.1 Å². The van der Waals surface area contributed by atoms with E-state index < -0.39 is 0 Å². The third-order valence-electron chi connectivity index (χ3n) is 3.69. The zero-order chi connectivity index (χ0) is 15.7. The minimum atomic E-state index is -0.289. The second-order valence-corrected chi connectivity index (χ2v) is 7.05. The molecule has 6 nitrogen and oxygen atoms in total. The van der Waals surface area contributed by atoms with Crippen LogP contribution in [0.1, 0.15) is 16.3 Å². The number of carbonyl (C=O) groups excluding carboxylic acids is 1.